The van der Waals surface area contributed by atoms with Crippen LogP contribution in [0.5, 0.6) is 0 Å². The van der Waals surface area contributed by atoms with Gasteiger partial charge in [0.25, 0.3) is 0 Å². The zero-order chi connectivity index (χ0) is 11.8. The Morgan fingerprint density at radius 3 is 2.00 bits per heavy atom. The van der Waals surface area contributed by atoms with Crippen molar-refractivity contribution in [2.75, 3.05) is 6.16 Å². The third kappa shape index (κ3) is 3.20. The molecule has 1 heterocycles. The number of aliphatic hydroxyl groups is 4. The maximum absolute atomic E-state index is 10.6. The zero-order valence-electron chi connectivity index (χ0n) is 7.54. The van der Waals surface area contributed by atoms with E-state index >= 15 is 0 Å². The molecule has 9 heteroatoms. The summed E-state index contributed by atoms with van der Waals surface area (Å²) in [7, 11) is -4.43. The van der Waals surface area contributed by atoms with Gasteiger partial charge in [-0.15, -0.1) is 0 Å². The lowest BCUT2D eigenvalue weighted by atomic mass is 10.0. The fraction of sp³-hybridized carbons (Fsp3) is 1.00. The predicted molar refractivity (Wildman–Crippen MR) is 45.8 cm³/mol. The Morgan fingerprint density at radius 1 is 1.00 bits per heavy atom. The molecular weight excluding hydrogens is 231 g/mol. The van der Waals surface area contributed by atoms with Crippen LogP contribution in [-0.4, -0.2) is 67.1 Å². The molecule has 0 radical (unpaired) electrons. The minimum atomic E-state index is -4.43. The zero-order valence-corrected chi connectivity index (χ0v) is 8.44. The van der Waals surface area contributed by atoms with Crippen molar-refractivity contribution in [3.63, 3.8) is 0 Å². The lowest BCUT2D eigenvalue weighted by Crippen LogP contribution is -2.58. The fourth-order valence-electron chi connectivity index (χ4n) is 1.32. The monoisotopic (exact) mass is 244 g/mol. The Kier molecular flexibility index (Phi) is 3.85. The lowest BCUT2D eigenvalue weighted by molar-refractivity contribution is -0.277. The van der Waals surface area contributed by atoms with Gasteiger partial charge in [-0.25, -0.2) is 0 Å². The molecule has 0 amide bonds. The number of ether oxygens (including phenoxy) is 1. The van der Waals surface area contributed by atoms with E-state index in [1.807, 2.05) is 0 Å². The van der Waals surface area contributed by atoms with Gasteiger partial charge in [0, 0.05) is 0 Å². The molecule has 0 saturated carbocycles. The normalized spacial score (nSPS) is 42.9. The Balaban J connectivity index is 2.71. The molecule has 0 bridgehead atoms. The van der Waals surface area contributed by atoms with Crippen LogP contribution >= 0.6 is 7.60 Å². The summed E-state index contributed by atoms with van der Waals surface area (Å²) >= 11 is 0. The largest absolute Gasteiger partial charge is 0.388 e. The summed E-state index contributed by atoms with van der Waals surface area (Å²) in [5, 5.41) is 36.6. The molecule has 1 fully saturated rings. The number of hydrogen-bond donors (Lipinski definition) is 6. The summed E-state index contributed by atoms with van der Waals surface area (Å²) < 4.78 is 15.2. The third-order valence-corrected chi connectivity index (χ3v) is 2.94. The van der Waals surface area contributed by atoms with Crippen molar-refractivity contribution in [1.82, 2.24) is 0 Å². The van der Waals surface area contributed by atoms with Crippen LogP contribution in [0.1, 0.15) is 0 Å². The van der Waals surface area contributed by atoms with Crippen molar-refractivity contribution >= 4 is 7.60 Å². The quantitative estimate of drug-likeness (QED) is 0.281. The molecule has 1 saturated heterocycles. The first-order valence-corrected chi connectivity index (χ1v) is 5.94. The van der Waals surface area contributed by atoms with Crippen LogP contribution in [0.3, 0.4) is 0 Å². The van der Waals surface area contributed by atoms with Crippen molar-refractivity contribution in [3.05, 3.63) is 0 Å². The second kappa shape index (κ2) is 4.44. The molecule has 0 unspecified atom stereocenters. The van der Waals surface area contributed by atoms with E-state index in [0.29, 0.717) is 0 Å². The van der Waals surface area contributed by atoms with Gasteiger partial charge in [0.05, 0.1) is 6.16 Å². The molecule has 15 heavy (non-hydrogen) atoms. The predicted octanol–water partition coefficient (Wildman–Crippen LogP) is -3.04. The molecule has 0 aromatic carbocycles. The van der Waals surface area contributed by atoms with Crippen molar-refractivity contribution < 1.29 is 39.5 Å². The second-order valence-electron chi connectivity index (χ2n) is 3.38. The Bertz CT molecular complexity index is 264. The molecule has 0 spiro atoms. The van der Waals surface area contributed by atoms with Gasteiger partial charge < -0.3 is 34.9 Å². The van der Waals surface area contributed by atoms with Gasteiger partial charge in [-0.05, 0) is 0 Å². The van der Waals surface area contributed by atoms with Gasteiger partial charge in [0.2, 0.25) is 0 Å². The topological polar surface area (TPSA) is 148 Å². The van der Waals surface area contributed by atoms with Crippen LogP contribution in [0.4, 0.5) is 0 Å². The molecular formula is C6H13O8P. The summed E-state index contributed by atoms with van der Waals surface area (Å²) in [6.45, 7) is 0. The molecule has 8 nitrogen and oxygen atoms in total. The first-order valence-electron chi connectivity index (χ1n) is 4.14. The van der Waals surface area contributed by atoms with E-state index in [2.05, 4.69) is 4.74 Å². The van der Waals surface area contributed by atoms with E-state index < -0.39 is 44.5 Å². The molecule has 5 atom stereocenters. The van der Waals surface area contributed by atoms with Gasteiger partial charge >= 0.3 is 7.60 Å². The second-order valence-corrected chi connectivity index (χ2v) is 5.08. The molecule has 0 aliphatic carbocycles. The minimum Gasteiger partial charge on any atom is -0.388 e. The molecule has 90 valence electrons. The molecule has 1 aliphatic heterocycles. The van der Waals surface area contributed by atoms with Gasteiger partial charge in [0.1, 0.15) is 24.4 Å². The highest BCUT2D eigenvalue weighted by Gasteiger charge is 2.44. The summed E-state index contributed by atoms with van der Waals surface area (Å²) in [6, 6.07) is 0. The summed E-state index contributed by atoms with van der Waals surface area (Å²) in [5.74, 6) is 0. The Morgan fingerprint density at radius 2 is 1.53 bits per heavy atom. The highest BCUT2D eigenvalue weighted by Crippen LogP contribution is 2.38. The Labute approximate surface area is 84.9 Å². The number of aliphatic hydroxyl groups excluding tert-OH is 4. The molecule has 0 aromatic rings. The smallest absolute Gasteiger partial charge is 0.328 e. The molecule has 6 N–H and O–H groups in total. The highest BCUT2D eigenvalue weighted by atomic mass is 31.2. The highest BCUT2D eigenvalue weighted by molar-refractivity contribution is 7.51. The van der Waals surface area contributed by atoms with E-state index in [0.717, 1.165) is 0 Å². The van der Waals surface area contributed by atoms with Crippen LogP contribution in [0.2, 0.25) is 0 Å². The summed E-state index contributed by atoms with van der Waals surface area (Å²) in [5.41, 5.74) is 0. The van der Waals surface area contributed by atoms with Crippen LogP contribution in [0.15, 0.2) is 0 Å². The number of rotatable bonds is 2. The lowest BCUT2D eigenvalue weighted by Gasteiger charge is -2.38. The standard InChI is InChI=1S/C6H13O8P/c7-3-2(1-15(11,12)13)14-6(10)5(9)4(3)8/h2-10H,1H2,(H2,11,12,13)/t2-,3-,4+,5+,6+/m1/s1. The maximum Gasteiger partial charge on any atom is 0.328 e. The molecule has 0 aromatic heterocycles. The molecule has 1 aliphatic rings. The average molecular weight is 244 g/mol. The van der Waals surface area contributed by atoms with E-state index in [9.17, 15) is 14.8 Å². The van der Waals surface area contributed by atoms with Crippen molar-refractivity contribution in [2.24, 2.45) is 0 Å². The fourth-order valence-corrected chi connectivity index (χ4v) is 2.09. The third-order valence-electron chi connectivity index (χ3n) is 2.10. The average Bonchev–Trinajstić information content (AvgIpc) is 2.08. The Hall–Kier alpha value is -0.0500. The maximum atomic E-state index is 10.6. The van der Waals surface area contributed by atoms with Crippen molar-refractivity contribution in [3.8, 4) is 0 Å². The first-order chi connectivity index (χ1) is 6.72. The van der Waals surface area contributed by atoms with E-state index in [4.69, 9.17) is 20.0 Å². The summed E-state index contributed by atoms with van der Waals surface area (Å²) in [4.78, 5) is 17.2. The van der Waals surface area contributed by atoms with Crippen molar-refractivity contribution in [2.45, 2.75) is 30.7 Å². The molecule has 1 rings (SSSR count). The van der Waals surface area contributed by atoms with E-state index in [-0.39, 0.29) is 0 Å². The van der Waals surface area contributed by atoms with Crippen LogP contribution in [-0.2, 0) is 9.30 Å². The van der Waals surface area contributed by atoms with E-state index in [1.165, 1.54) is 0 Å². The van der Waals surface area contributed by atoms with Crippen LogP contribution in [0, 0.1) is 0 Å². The SMILES string of the molecule is O=P(O)(O)C[C@H]1O[C@H](O)[C@@H](O)[C@@H](O)[C@@H]1O. The van der Waals surface area contributed by atoms with Crippen molar-refractivity contribution in [1.29, 1.82) is 0 Å². The summed E-state index contributed by atoms with van der Waals surface area (Å²) in [6.07, 6.45) is -9.09. The van der Waals surface area contributed by atoms with Gasteiger partial charge in [-0.3, -0.25) is 4.57 Å². The van der Waals surface area contributed by atoms with Gasteiger partial charge in [0.15, 0.2) is 6.29 Å². The van der Waals surface area contributed by atoms with Crippen LogP contribution < -0.4 is 0 Å². The van der Waals surface area contributed by atoms with Crippen LogP contribution in [0.25, 0.3) is 0 Å². The van der Waals surface area contributed by atoms with Gasteiger partial charge in [-0.1, -0.05) is 0 Å². The first kappa shape index (κ1) is 13.0. The van der Waals surface area contributed by atoms with Gasteiger partial charge in [-0.2, -0.15) is 0 Å². The minimum absolute atomic E-state index is 0.838. The number of hydrogen-bond acceptors (Lipinski definition) is 6. The van der Waals surface area contributed by atoms with E-state index in [1.54, 1.807) is 0 Å².